The lowest BCUT2D eigenvalue weighted by Crippen LogP contribution is -2.24. The van der Waals surface area contributed by atoms with E-state index in [-0.39, 0.29) is 24.0 Å². The van der Waals surface area contributed by atoms with Crippen LogP contribution >= 0.6 is 58.1 Å². The first kappa shape index (κ1) is 25.5. The van der Waals surface area contributed by atoms with Gasteiger partial charge in [-0.15, -0.1) is 20.4 Å². The van der Waals surface area contributed by atoms with Gasteiger partial charge in [-0.05, 0) is 36.1 Å². The normalized spacial score (nSPS) is 10.9. The third kappa shape index (κ3) is 6.55. The second-order valence-electron chi connectivity index (χ2n) is 6.64. The van der Waals surface area contributed by atoms with Gasteiger partial charge in [0, 0.05) is 0 Å². The highest BCUT2D eigenvalue weighted by Gasteiger charge is 2.19. The SMILES string of the molecule is CCSc1nnc(NC(=O)CSc2nnc(CNC(=O)c3ccco3)n2-c2ccc(Cl)c(Cl)c2)s1. The molecule has 0 atom stereocenters. The molecule has 0 aliphatic heterocycles. The topological polar surface area (TPSA) is 128 Å². The van der Waals surface area contributed by atoms with Gasteiger partial charge >= 0.3 is 0 Å². The van der Waals surface area contributed by atoms with Crippen LogP contribution < -0.4 is 10.6 Å². The molecule has 0 aliphatic carbocycles. The predicted octanol–water partition coefficient (Wildman–Crippen LogP) is 4.79. The monoisotopic (exact) mass is 569 g/mol. The number of aromatic nitrogens is 5. The number of carbonyl (C=O) groups is 2. The number of hydrogen-bond donors (Lipinski definition) is 2. The van der Waals surface area contributed by atoms with Crippen molar-refractivity contribution in [1.29, 1.82) is 0 Å². The molecule has 0 saturated carbocycles. The molecule has 3 heterocycles. The minimum absolute atomic E-state index is 0.0496. The van der Waals surface area contributed by atoms with Crippen molar-refractivity contribution in [2.75, 3.05) is 16.8 Å². The van der Waals surface area contributed by atoms with Gasteiger partial charge in [0.15, 0.2) is 21.1 Å². The molecule has 35 heavy (non-hydrogen) atoms. The molecule has 2 N–H and O–H groups in total. The van der Waals surface area contributed by atoms with Crippen LogP contribution in [0.1, 0.15) is 23.3 Å². The highest BCUT2D eigenvalue weighted by Crippen LogP contribution is 2.29. The van der Waals surface area contributed by atoms with Crippen LogP contribution in [0.2, 0.25) is 10.0 Å². The summed E-state index contributed by atoms with van der Waals surface area (Å²) in [5.41, 5.74) is 0.625. The fourth-order valence-corrected chi connectivity index (χ4v) is 5.50. The quantitative estimate of drug-likeness (QED) is 0.204. The van der Waals surface area contributed by atoms with E-state index >= 15 is 0 Å². The molecule has 1 aromatic carbocycles. The highest BCUT2D eigenvalue weighted by atomic mass is 35.5. The zero-order chi connectivity index (χ0) is 24.8. The van der Waals surface area contributed by atoms with Crippen LogP contribution in [-0.4, -0.2) is 48.3 Å². The molecule has 2 amide bonds. The van der Waals surface area contributed by atoms with Crippen LogP contribution in [0.5, 0.6) is 0 Å². The van der Waals surface area contributed by atoms with Gasteiger partial charge in [-0.3, -0.25) is 19.5 Å². The first-order chi connectivity index (χ1) is 16.9. The number of thioether (sulfide) groups is 2. The Bertz CT molecular complexity index is 1330. The van der Waals surface area contributed by atoms with E-state index in [0.29, 0.717) is 31.8 Å². The molecular weight excluding hydrogens is 553 g/mol. The minimum atomic E-state index is -0.398. The van der Waals surface area contributed by atoms with Crippen LogP contribution in [0, 0.1) is 0 Å². The Balaban J connectivity index is 1.49. The number of halogens is 2. The highest BCUT2D eigenvalue weighted by molar-refractivity contribution is 8.01. The van der Waals surface area contributed by atoms with Crippen molar-refractivity contribution in [3.63, 3.8) is 0 Å². The van der Waals surface area contributed by atoms with Gasteiger partial charge in [0.1, 0.15) is 0 Å². The molecule has 0 bridgehead atoms. The zero-order valence-electron chi connectivity index (χ0n) is 18.0. The molecule has 0 radical (unpaired) electrons. The maximum absolute atomic E-state index is 12.5. The summed E-state index contributed by atoms with van der Waals surface area (Å²) in [6.45, 7) is 2.07. The lowest BCUT2D eigenvalue weighted by molar-refractivity contribution is -0.113. The van der Waals surface area contributed by atoms with E-state index in [4.69, 9.17) is 27.6 Å². The molecule has 15 heteroatoms. The van der Waals surface area contributed by atoms with E-state index in [2.05, 4.69) is 31.0 Å². The molecule has 4 aromatic rings. The summed E-state index contributed by atoms with van der Waals surface area (Å²) in [4.78, 5) is 24.8. The van der Waals surface area contributed by atoms with E-state index in [1.807, 2.05) is 6.92 Å². The number of amides is 2. The molecule has 4 rings (SSSR count). The summed E-state index contributed by atoms with van der Waals surface area (Å²) in [5.74, 6) is 0.854. The van der Waals surface area contributed by atoms with Crippen LogP contribution in [-0.2, 0) is 11.3 Å². The van der Waals surface area contributed by atoms with Crippen molar-refractivity contribution in [1.82, 2.24) is 30.3 Å². The van der Waals surface area contributed by atoms with Gasteiger partial charge in [0.25, 0.3) is 5.91 Å². The van der Waals surface area contributed by atoms with Gasteiger partial charge < -0.3 is 9.73 Å². The summed E-state index contributed by atoms with van der Waals surface area (Å²) < 4.78 is 7.60. The first-order valence-corrected chi connectivity index (χ1v) is 13.6. The second-order valence-corrected chi connectivity index (χ2v) is 10.9. The average Bonchev–Trinajstić information content (AvgIpc) is 3.60. The number of furan rings is 1. The number of rotatable bonds is 10. The van der Waals surface area contributed by atoms with E-state index in [0.717, 1.165) is 10.1 Å². The third-order valence-corrected chi connectivity index (χ3v) is 7.79. The van der Waals surface area contributed by atoms with Crippen molar-refractivity contribution >= 4 is 75.0 Å². The maximum Gasteiger partial charge on any atom is 0.287 e. The second kappa shape index (κ2) is 11.9. The van der Waals surface area contributed by atoms with Crippen molar-refractivity contribution in [3.05, 3.63) is 58.2 Å². The summed E-state index contributed by atoms with van der Waals surface area (Å²) in [5, 5.41) is 23.5. The molecular formula is C20H17Cl2N7O3S3. The Morgan fingerprint density at radius 1 is 1.11 bits per heavy atom. The fourth-order valence-electron chi connectivity index (χ4n) is 2.77. The standard InChI is InChI=1S/C20H17Cl2N7O3S3/c1-2-33-20-28-26-18(35-20)24-16(30)10-34-19-27-25-15(9-23-17(31)14-4-3-7-32-14)29(19)11-5-6-12(21)13(22)8-11/h3-8H,2,9-10H2,1H3,(H,23,31)(H,24,26,30). The number of hydrogen-bond acceptors (Lipinski definition) is 10. The molecule has 0 fully saturated rings. The molecule has 0 unspecified atom stereocenters. The van der Waals surface area contributed by atoms with Gasteiger partial charge in [-0.2, -0.15) is 0 Å². The van der Waals surface area contributed by atoms with Gasteiger partial charge in [0.05, 0.1) is 34.3 Å². The van der Waals surface area contributed by atoms with Gasteiger partial charge in [0.2, 0.25) is 11.0 Å². The summed E-state index contributed by atoms with van der Waals surface area (Å²) in [6.07, 6.45) is 1.41. The Kier molecular flexibility index (Phi) is 8.68. The number of benzene rings is 1. The smallest absolute Gasteiger partial charge is 0.287 e. The maximum atomic E-state index is 12.5. The Morgan fingerprint density at radius 2 is 1.97 bits per heavy atom. The van der Waals surface area contributed by atoms with E-state index in [1.165, 1.54) is 29.4 Å². The van der Waals surface area contributed by atoms with Crippen LogP contribution in [0.15, 0.2) is 50.5 Å². The Labute approximate surface area is 222 Å². The van der Waals surface area contributed by atoms with Crippen molar-refractivity contribution in [2.24, 2.45) is 0 Å². The lowest BCUT2D eigenvalue weighted by Gasteiger charge is -2.11. The number of carbonyl (C=O) groups excluding carboxylic acids is 2. The zero-order valence-corrected chi connectivity index (χ0v) is 22.0. The number of anilines is 1. The summed E-state index contributed by atoms with van der Waals surface area (Å²) in [6, 6.07) is 8.23. The lowest BCUT2D eigenvalue weighted by atomic mass is 10.3. The third-order valence-electron chi connectivity index (χ3n) is 4.27. The van der Waals surface area contributed by atoms with Gasteiger partial charge in [-0.1, -0.05) is 65.0 Å². The van der Waals surface area contributed by atoms with Crippen molar-refractivity contribution < 1.29 is 14.0 Å². The molecule has 182 valence electrons. The fraction of sp³-hybridized carbons (Fsp3) is 0.200. The Hall–Kier alpha value is -2.58. The first-order valence-electron chi connectivity index (χ1n) is 10.0. The molecule has 10 nitrogen and oxygen atoms in total. The predicted molar refractivity (Wildman–Crippen MR) is 137 cm³/mol. The Morgan fingerprint density at radius 3 is 2.71 bits per heavy atom. The summed E-state index contributed by atoms with van der Waals surface area (Å²) in [7, 11) is 0. The van der Waals surface area contributed by atoms with E-state index in [9.17, 15) is 9.59 Å². The van der Waals surface area contributed by atoms with Crippen molar-refractivity contribution in [2.45, 2.75) is 23.0 Å². The number of nitrogens with zero attached hydrogens (tertiary/aromatic N) is 5. The number of nitrogens with one attached hydrogen (secondary N) is 2. The molecule has 0 spiro atoms. The van der Waals surface area contributed by atoms with E-state index < -0.39 is 5.91 Å². The van der Waals surface area contributed by atoms with Gasteiger partial charge in [-0.25, -0.2) is 0 Å². The van der Waals surface area contributed by atoms with Crippen LogP contribution in [0.25, 0.3) is 5.69 Å². The van der Waals surface area contributed by atoms with Crippen LogP contribution in [0.4, 0.5) is 5.13 Å². The largest absolute Gasteiger partial charge is 0.459 e. The van der Waals surface area contributed by atoms with E-state index in [1.54, 1.807) is 46.7 Å². The molecule has 3 aromatic heterocycles. The van der Waals surface area contributed by atoms with Crippen LogP contribution in [0.3, 0.4) is 0 Å². The summed E-state index contributed by atoms with van der Waals surface area (Å²) >= 11 is 16.3. The molecule has 0 saturated heterocycles. The van der Waals surface area contributed by atoms with Crippen molar-refractivity contribution in [3.8, 4) is 5.69 Å². The molecule has 0 aliphatic rings. The minimum Gasteiger partial charge on any atom is -0.459 e. The average molecular weight is 571 g/mol.